The van der Waals surface area contributed by atoms with Crippen molar-refractivity contribution in [1.82, 2.24) is 5.32 Å². The Labute approximate surface area is 110 Å². The molecular formula is C16H25NO. The van der Waals surface area contributed by atoms with Crippen molar-refractivity contribution in [3.8, 4) is 0 Å². The largest absolute Gasteiger partial charge is 0.387 e. The molecule has 0 saturated heterocycles. The molecule has 1 aromatic carbocycles. The van der Waals surface area contributed by atoms with Crippen molar-refractivity contribution in [2.45, 2.75) is 45.3 Å². The number of nitrogens with one attached hydrogen (secondary N) is 1. The van der Waals surface area contributed by atoms with E-state index in [4.69, 9.17) is 0 Å². The maximum atomic E-state index is 10.1. The summed E-state index contributed by atoms with van der Waals surface area (Å²) in [6.07, 6.45) is 3.51. The predicted octanol–water partition coefficient (Wildman–Crippen LogP) is 3.13. The first-order valence-electron chi connectivity index (χ1n) is 7.15. The number of hydrogen-bond donors (Lipinski definition) is 2. The molecule has 2 rings (SSSR count). The Kier molecular flexibility index (Phi) is 4.79. The zero-order valence-electron chi connectivity index (χ0n) is 11.5. The highest BCUT2D eigenvalue weighted by Gasteiger charge is 2.26. The molecule has 1 fully saturated rings. The molecule has 1 aliphatic carbocycles. The molecule has 0 aliphatic heterocycles. The van der Waals surface area contributed by atoms with Crippen LogP contribution in [0.1, 0.15) is 44.8 Å². The molecule has 0 heterocycles. The lowest BCUT2D eigenvalue weighted by Gasteiger charge is -2.35. The number of aliphatic hydroxyl groups is 1. The van der Waals surface area contributed by atoms with Crippen molar-refractivity contribution < 1.29 is 5.11 Å². The van der Waals surface area contributed by atoms with Gasteiger partial charge in [0, 0.05) is 12.6 Å². The number of aliphatic hydroxyl groups excluding tert-OH is 1. The third kappa shape index (κ3) is 3.33. The maximum absolute atomic E-state index is 10.1. The van der Waals surface area contributed by atoms with E-state index in [2.05, 4.69) is 19.2 Å². The van der Waals surface area contributed by atoms with Crippen LogP contribution in [-0.2, 0) is 0 Å². The average Bonchev–Trinajstić information content (AvgIpc) is 2.41. The predicted molar refractivity (Wildman–Crippen MR) is 75.4 cm³/mol. The standard InChI is InChI=1S/C16H25NO/c1-12-7-6-10-15(13(12)2)17-11-16(18)14-8-4-3-5-9-14/h3-5,8-9,12-13,15-18H,6-7,10-11H2,1-2H3. The van der Waals surface area contributed by atoms with Crippen LogP contribution in [0.5, 0.6) is 0 Å². The summed E-state index contributed by atoms with van der Waals surface area (Å²) in [6, 6.07) is 10.5. The Balaban J connectivity index is 1.84. The van der Waals surface area contributed by atoms with Crippen molar-refractivity contribution in [2.24, 2.45) is 11.8 Å². The van der Waals surface area contributed by atoms with Crippen LogP contribution >= 0.6 is 0 Å². The maximum Gasteiger partial charge on any atom is 0.0914 e. The number of hydrogen-bond acceptors (Lipinski definition) is 2. The van der Waals surface area contributed by atoms with Crippen molar-refractivity contribution in [3.05, 3.63) is 35.9 Å². The highest BCUT2D eigenvalue weighted by molar-refractivity contribution is 5.17. The van der Waals surface area contributed by atoms with Gasteiger partial charge in [0.05, 0.1) is 6.10 Å². The lowest BCUT2D eigenvalue weighted by atomic mass is 9.78. The Morgan fingerprint density at radius 3 is 2.67 bits per heavy atom. The highest BCUT2D eigenvalue weighted by atomic mass is 16.3. The Morgan fingerprint density at radius 2 is 1.94 bits per heavy atom. The number of rotatable bonds is 4. The van der Waals surface area contributed by atoms with E-state index in [1.54, 1.807) is 0 Å². The van der Waals surface area contributed by atoms with Crippen LogP contribution in [0.15, 0.2) is 30.3 Å². The van der Waals surface area contributed by atoms with Gasteiger partial charge in [-0.2, -0.15) is 0 Å². The molecule has 1 aliphatic rings. The molecule has 2 nitrogen and oxygen atoms in total. The lowest BCUT2D eigenvalue weighted by Crippen LogP contribution is -2.42. The van der Waals surface area contributed by atoms with Gasteiger partial charge in [0.2, 0.25) is 0 Å². The van der Waals surface area contributed by atoms with E-state index >= 15 is 0 Å². The number of benzene rings is 1. The van der Waals surface area contributed by atoms with E-state index in [1.165, 1.54) is 19.3 Å². The lowest BCUT2D eigenvalue weighted by molar-refractivity contribution is 0.145. The monoisotopic (exact) mass is 247 g/mol. The van der Waals surface area contributed by atoms with Crippen molar-refractivity contribution >= 4 is 0 Å². The summed E-state index contributed by atoms with van der Waals surface area (Å²) in [5, 5.41) is 13.7. The quantitative estimate of drug-likeness (QED) is 0.856. The molecule has 2 heteroatoms. The van der Waals surface area contributed by atoms with Gasteiger partial charge in [-0.15, -0.1) is 0 Å². The van der Waals surface area contributed by atoms with Gasteiger partial charge in [0.1, 0.15) is 0 Å². The van der Waals surface area contributed by atoms with Gasteiger partial charge in [-0.3, -0.25) is 0 Å². The zero-order valence-corrected chi connectivity index (χ0v) is 11.5. The third-order valence-corrected chi connectivity index (χ3v) is 4.46. The molecule has 100 valence electrons. The zero-order chi connectivity index (χ0) is 13.0. The van der Waals surface area contributed by atoms with Gasteiger partial charge < -0.3 is 10.4 Å². The van der Waals surface area contributed by atoms with Crippen LogP contribution < -0.4 is 5.32 Å². The van der Waals surface area contributed by atoms with Gasteiger partial charge in [-0.05, 0) is 23.8 Å². The van der Waals surface area contributed by atoms with Gasteiger partial charge >= 0.3 is 0 Å². The topological polar surface area (TPSA) is 32.3 Å². The second kappa shape index (κ2) is 6.35. The molecule has 4 atom stereocenters. The molecule has 18 heavy (non-hydrogen) atoms. The Bertz CT molecular complexity index is 351. The van der Waals surface area contributed by atoms with E-state index in [0.29, 0.717) is 18.5 Å². The molecule has 2 N–H and O–H groups in total. The smallest absolute Gasteiger partial charge is 0.0914 e. The van der Waals surface area contributed by atoms with Crippen LogP contribution in [0, 0.1) is 11.8 Å². The van der Waals surface area contributed by atoms with E-state index in [1.807, 2.05) is 30.3 Å². The Morgan fingerprint density at radius 1 is 1.22 bits per heavy atom. The molecule has 1 aromatic rings. The van der Waals surface area contributed by atoms with Crippen molar-refractivity contribution in [2.75, 3.05) is 6.54 Å². The van der Waals surface area contributed by atoms with E-state index < -0.39 is 6.10 Å². The summed E-state index contributed by atoms with van der Waals surface area (Å²) < 4.78 is 0. The molecule has 0 aromatic heterocycles. The second-order valence-electron chi connectivity index (χ2n) is 5.71. The first kappa shape index (κ1) is 13.6. The highest BCUT2D eigenvalue weighted by Crippen LogP contribution is 2.29. The summed E-state index contributed by atoms with van der Waals surface area (Å²) in [5.74, 6) is 1.51. The minimum absolute atomic E-state index is 0.393. The fourth-order valence-electron chi connectivity index (χ4n) is 2.93. The molecule has 0 amide bonds. The summed E-state index contributed by atoms with van der Waals surface area (Å²) >= 11 is 0. The average molecular weight is 247 g/mol. The van der Waals surface area contributed by atoms with E-state index in [0.717, 1.165) is 11.5 Å². The molecule has 0 bridgehead atoms. The molecular weight excluding hydrogens is 222 g/mol. The first-order chi connectivity index (χ1) is 8.68. The fraction of sp³-hybridized carbons (Fsp3) is 0.625. The summed E-state index contributed by atoms with van der Waals surface area (Å²) in [4.78, 5) is 0. The molecule has 1 saturated carbocycles. The summed E-state index contributed by atoms with van der Waals surface area (Å²) in [5.41, 5.74) is 1.00. The summed E-state index contributed by atoms with van der Waals surface area (Å²) in [6.45, 7) is 5.33. The second-order valence-corrected chi connectivity index (χ2v) is 5.71. The summed E-state index contributed by atoms with van der Waals surface area (Å²) in [7, 11) is 0. The van der Waals surface area contributed by atoms with Crippen LogP contribution in [0.25, 0.3) is 0 Å². The third-order valence-electron chi connectivity index (χ3n) is 4.46. The normalized spacial score (nSPS) is 30.1. The molecule has 4 unspecified atom stereocenters. The minimum atomic E-state index is -0.393. The minimum Gasteiger partial charge on any atom is -0.387 e. The SMILES string of the molecule is CC1CCCC(NCC(O)c2ccccc2)C1C. The van der Waals surface area contributed by atoms with Crippen LogP contribution in [0.2, 0.25) is 0 Å². The van der Waals surface area contributed by atoms with Crippen LogP contribution in [0.3, 0.4) is 0 Å². The van der Waals surface area contributed by atoms with Crippen molar-refractivity contribution in [1.29, 1.82) is 0 Å². The van der Waals surface area contributed by atoms with Gasteiger partial charge in [-0.1, -0.05) is 57.0 Å². The van der Waals surface area contributed by atoms with E-state index in [-0.39, 0.29) is 0 Å². The molecule has 0 radical (unpaired) electrons. The molecule has 0 spiro atoms. The van der Waals surface area contributed by atoms with Crippen molar-refractivity contribution in [3.63, 3.8) is 0 Å². The van der Waals surface area contributed by atoms with E-state index in [9.17, 15) is 5.11 Å². The Hall–Kier alpha value is -0.860. The fourth-order valence-corrected chi connectivity index (χ4v) is 2.93. The first-order valence-corrected chi connectivity index (χ1v) is 7.15. The van der Waals surface area contributed by atoms with Gasteiger partial charge in [-0.25, -0.2) is 0 Å². The van der Waals surface area contributed by atoms with Crippen LogP contribution in [-0.4, -0.2) is 17.7 Å². The van der Waals surface area contributed by atoms with Gasteiger partial charge in [0.25, 0.3) is 0 Å². The van der Waals surface area contributed by atoms with Gasteiger partial charge in [0.15, 0.2) is 0 Å². The van der Waals surface area contributed by atoms with Crippen LogP contribution in [0.4, 0.5) is 0 Å².